The van der Waals surface area contributed by atoms with Crippen LogP contribution in [0.5, 0.6) is 5.88 Å². The second-order valence-corrected chi connectivity index (χ2v) is 3.65. The van der Waals surface area contributed by atoms with E-state index in [1.54, 1.807) is 17.3 Å². The third kappa shape index (κ3) is 4.20. The molecule has 0 radical (unpaired) electrons. The number of carbonyl (C=O) groups is 1. The van der Waals surface area contributed by atoms with E-state index in [0.717, 1.165) is 6.42 Å². The van der Waals surface area contributed by atoms with Crippen LogP contribution in [0.2, 0.25) is 0 Å². The van der Waals surface area contributed by atoms with E-state index in [4.69, 9.17) is 4.74 Å². The lowest BCUT2D eigenvalue weighted by Gasteiger charge is -2.20. The normalized spacial score (nSPS) is 9.94. The van der Waals surface area contributed by atoms with Gasteiger partial charge in [0.25, 0.3) is 0 Å². The number of ether oxygens (including phenoxy) is 2. The molecule has 1 aromatic heterocycles. The number of aromatic nitrogens is 2. The molecule has 0 aliphatic carbocycles. The Labute approximate surface area is 107 Å². The summed E-state index contributed by atoms with van der Waals surface area (Å²) in [6, 6.07) is 0. The lowest BCUT2D eigenvalue weighted by atomic mass is 10.4. The third-order valence-corrected chi connectivity index (χ3v) is 2.31. The molecule has 6 nitrogen and oxygen atoms in total. The summed E-state index contributed by atoms with van der Waals surface area (Å²) in [6.07, 6.45) is 4.07. The molecule has 0 unspecified atom stereocenters. The Morgan fingerprint density at radius 1 is 1.39 bits per heavy atom. The lowest BCUT2D eigenvalue weighted by Crippen LogP contribution is -2.31. The largest absolute Gasteiger partial charge is 0.477 e. The van der Waals surface area contributed by atoms with Gasteiger partial charge in [-0.2, -0.15) is 4.98 Å². The van der Waals surface area contributed by atoms with Gasteiger partial charge in [-0.05, 0) is 13.3 Å². The van der Waals surface area contributed by atoms with Crippen LogP contribution in [0, 0.1) is 0 Å². The van der Waals surface area contributed by atoms with Gasteiger partial charge >= 0.3 is 5.97 Å². The number of rotatable bonds is 7. The molecule has 0 saturated heterocycles. The first-order chi connectivity index (χ1) is 8.71. The van der Waals surface area contributed by atoms with Crippen molar-refractivity contribution < 1.29 is 14.3 Å². The van der Waals surface area contributed by atoms with Gasteiger partial charge in [0.2, 0.25) is 5.88 Å². The highest BCUT2D eigenvalue weighted by atomic mass is 16.5. The monoisotopic (exact) mass is 253 g/mol. The Kier molecular flexibility index (Phi) is 5.90. The maximum absolute atomic E-state index is 11.3. The molecule has 0 aliphatic heterocycles. The zero-order chi connectivity index (χ0) is 13.4. The van der Waals surface area contributed by atoms with Gasteiger partial charge in [0.05, 0.1) is 26.1 Å². The number of nitrogens with zero attached hydrogens (tertiary/aromatic N) is 3. The molecule has 0 spiro atoms. The molecule has 1 heterocycles. The number of likely N-dealkylation sites (N-methyl/N-ethyl adjacent to an activating group) is 1. The molecule has 100 valence electrons. The molecule has 0 aromatic carbocycles. The number of esters is 1. The molecule has 0 saturated carbocycles. The van der Waals surface area contributed by atoms with Gasteiger partial charge in [0.15, 0.2) is 5.82 Å². The second kappa shape index (κ2) is 7.47. The van der Waals surface area contributed by atoms with E-state index in [-0.39, 0.29) is 12.5 Å². The average molecular weight is 253 g/mol. The van der Waals surface area contributed by atoms with Crippen molar-refractivity contribution in [3.8, 4) is 5.88 Å². The molecule has 1 aromatic rings. The first-order valence-corrected chi connectivity index (χ1v) is 5.97. The Morgan fingerprint density at radius 2 is 2.17 bits per heavy atom. The van der Waals surface area contributed by atoms with E-state index in [9.17, 15) is 4.79 Å². The Hall–Kier alpha value is -1.85. The Bertz CT molecular complexity index is 385. The van der Waals surface area contributed by atoms with Crippen LogP contribution in [0.1, 0.15) is 20.3 Å². The van der Waals surface area contributed by atoms with Crippen LogP contribution in [0.4, 0.5) is 5.82 Å². The van der Waals surface area contributed by atoms with Gasteiger partial charge < -0.3 is 14.4 Å². The molecule has 1 rings (SSSR count). The molecular formula is C12H19N3O3. The lowest BCUT2D eigenvalue weighted by molar-refractivity contribution is -0.138. The third-order valence-electron chi connectivity index (χ3n) is 2.31. The fourth-order valence-electron chi connectivity index (χ4n) is 1.34. The van der Waals surface area contributed by atoms with Gasteiger partial charge in [-0.25, -0.2) is 0 Å². The molecule has 0 fully saturated rings. The molecule has 0 amide bonds. The maximum atomic E-state index is 11.3. The first-order valence-electron chi connectivity index (χ1n) is 5.97. The molecule has 18 heavy (non-hydrogen) atoms. The summed E-state index contributed by atoms with van der Waals surface area (Å²) in [5.41, 5.74) is 0. The van der Waals surface area contributed by atoms with Crippen molar-refractivity contribution in [1.29, 1.82) is 0 Å². The maximum Gasteiger partial charge on any atom is 0.325 e. The van der Waals surface area contributed by atoms with Gasteiger partial charge in [0, 0.05) is 6.54 Å². The van der Waals surface area contributed by atoms with Crippen LogP contribution >= 0.6 is 0 Å². The number of carbonyl (C=O) groups excluding carboxylic acids is 1. The molecule has 0 N–H and O–H groups in total. The molecule has 6 heteroatoms. The molecule has 0 atom stereocenters. The Morgan fingerprint density at radius 3 is 2.78 bits per heavy atom. The first kappa shape index (κ1) is 14.2. The van der Waals surface area contributed by atoms with Crippen molar-refractivity contribution in [2.45, 2.75) is 20.3 Å². The van der Waals surface area contributed by atoms with Gasteiger partial charge in [-0.3, -0.25) is 9.78 Å². The highest BCUT2D eigenvalue weighted by molar-refractivity contribution is 5.75. The second-order valence-electron chi connectivity index (χ2n) is 3.65. The van der Waals surface area contributed by atoms with Gasteiger partial charge in [-0.15, -0.1) is 0 Å². The van der Waals surface area contributed by atoms with Crippen LogP contribution in [0.25, 0.3) is 0 Å². The fraction of sp³-hybridized carbons (Fsp3) is 0.583. The van der Waals surface area contributed by atoms with Crippen LogP contribution in [0.15, 0.2) is 12.4 Å². The number of hydrogen-bond donors (Lipinski definition) is 0. The SMILES string of the molecule is CCCOc1cncc(N(CC)CC(=O)OC)n1. The molecule has 0 aliphatic rings. The number of hydrogen-bond acceptors (Lipinski definition) is 6. The quantitative estimate of drug-likeness (QED) is 0.682. The minimum atomic E-state index is -0.307. The van der Waals surface area contributed by atoms with E-state index < -0.39 is 0 Å². The summed E-state index contributed by atoms with van der Waals surface area (Å²) in [7, 11) is 1.36. The van der Waals surface area contributed by atoms with Crippen molar-refractivity contribution in [1.82, 2.24) is 9.97 Å². The highest BCUT2D eigenvalue weighted by Crippen LogP contribution is 2.13. The van der Waals surface area contributed by atoms with Gasteiger partial charge in [0.1, 0.15) is 6.54 Å². The van der Waals surface area contributed by atoms with Crippen LogP contribution in [-0.2, 0) is 9.53 Å². The summed E-state index contributed by atoms with van der Waals surface area (Å²) in [5, 5.41) is 0. The van der Waals surface area contributed by atoms with E-state index in [0.29, 0.717) is 24.8 Å². The zero-order valence-electron chi connectivity index (χ0n) is 11.0. The fourth-order valence-corrected chi connectivity index (χ4v) is 1.34. The van der Waals surface area contributed by atoms with E-state index in [2.05, 4.69) is 14.7 Å². The van der Waals surface area contributed by atoms with Crippen molar-refractivity contribution in [3.63, 3.8) is 0 Å². The number of anilines is 1. The standard InChI is InChI=1S/C12H19N3O3/c1-4-6-18-11-8-13-7-10(14-11)15(5-2)9-12(16)17-3/h7-8H,4-6,9H2,1-3H3. The number of methoxy groups -OCH3 is 1. The topological polar surface area (TPSA) is 64.5 Å². The molecule has 0 bridgehead atoms. The Balaban J connectivity index is 2.75. The van der Waals surface area contributed by atoms with Crippen molar-refractivity contribution in [3.05, 3.63) is 12.4 Å². The summed E-state index contributed by atoms with van der Waals surface area (Å²) in [6.45, 7) is 5.35. The zero-order valence-corrected chi connectivity index (χ0v) is 11.0. The minimum Gasteiger partial charge on any atom is -0.477 e. The summed E-state index contributed by atoms with van der Waals surface area (Å²) >= 11 is 0. The summed E-state index contributed by atoms with van der Waals surface area (Å²) in [5.74, 6) is 0.771. The summed E-state index contributed by atoms with van der Waals surface area (Å²) in [4.78, 5) is 21.4. The minimum absolute atomic E-state index is 0.152. The smallest absolute Gasteiger partial charge is 0.325 e. The van der Waals surface area contributed by atoms with Crippen molar-refractivity contribution in [2.24, 2.45) is 0 Å². The average Bonchev–Trinajstić information content (AvgIpc) is 2.42. The van der Waals surface area contributed by atoms with Crippen LogP contribution < -0.4 is 9.64 Å². The van der Waals surface area contributed by atoms with Crippen molar-refractivity contribution >= 4 is 11.8 Å². The predicted octanol–water partition coefficient (Wildman–Crippen LogP) is 1.26. The van der Waals surface area contributed by atoms with Crippen molar-refractivity contribution in [2.75, 3.05) is 31.7 Å². The molecular weight excluding hydrogens is 234 g/mol. The van der Waals surface area contributed by atoms with Gasteiger partial charge in [-0.1, -0.05) is 6.92 Å². The summed E-state index contributed by atoms with van der Waals surface area (Å²) < 4.78 is 10.0. The highest BCUT2D eigenvalue weighted by Gasteiger charge is 2.12. The van der Waals surface area contributed by atoms with Crippen LogP contribution in [-0.4, -0.2) is 42.7 Å². The van der Waals surface area contributed by atoms with E-state index in [1.807, 2.05) is 13.8 Å². The van der Waals surface area contributed by atoms with E-state index in [1.165, 1.54) is 7.11 Å². The van der Waals surface area contributed by atoms with E-state index >= 15 is 0 Å². The van der Waals surface area contributed by atoms with Crippen LogP contribution in [0.3, 0.4) is 0 Å². The predicted molar refractivity (Wildman–Crippen MR) is 67.7 cm³/mol.